The van der Waals surface area contributed by atoms with E-state index in [-0.39, 0.29) is 6.04 Å². The van der Waals surface area contributed by atoms with Gasteiger partial charge in [-0.05, 0) is 20.4 Å². The first-order valence-electron chi connectivity index (χ1n) is 5.96. The zero-order chi connectivity index (χ0) is 13.3. The van der Waals surface area contributed by atoms with Crippen LogP contribution >= 0.6 is 0 Å². The van der Waals surface area contributed by atoms with Gasteiger partial charge in [-0.2, -0.15) is 0 Å². The fourth-order valence-electron chi connectivity index (χ4n) is 1.90. The van der Waals surface area contributed by atoms with Crippen molar-refractivity contribution in [3.8, 4) is 0 Å². The van der Waals surface area contributed by atoms with Gasteiger partial charge in [0.25, 0.3) is 5.56 Å². The molecule has 0 amide bonds. The first kappa shape index (κ1) is 12.6. The minimum Gasteiger partial charge on any atom is -0.335 e. The highest BCUT2D eigenvalue weighted by molar-refractivity contribution is 5.69. The molecule has 2 rings (SSSR count). The topological polar surface area (TPSA) is 95.6 Å². The summed E-state index contributed by atoms with van der Waals surface area (Å²) < 4.78 is 1.52. The van der Waals surface area contributed by atoms with Crippen molar-refractivity contribution >= 4 is 11.2 Å². The van der Waals surface area contributed by atoms with E-state index in [4.69, 9.17) is 0 Å². The van der Waals surface area contributed by atoms with E-state index in [1.165, 1.54) is 4.57 Å². The Hall–Kier alpha value is -1.89. The molecule has 0 spiro atoms. The summed E-state index contributed by atoms with van der Waals surface area (Å²) in [4.78, 5) is 33.1. The number of hydrogen-bond donors (Lipinski definition) is 3. The van der Waals surface area contributed by atoms with Crippen molar-refractivity contribution < 1.29 is 0 Å². The van der Waals surface area contributed by atoms with Gasteiger partial charge in [0.05, 0.1) is 6.54 Å². The molecule has 18 heavy (non-hydrogen) atoms. The van der Waals surface area contributed by atoms with Gasteiger partial charge in [-0.1, -0.05) is 6.92 Å². The average molecular weight is 251 g/mol. The Morgan fingerprint density at radius 3 is 2.72 bits per heavy atom. The maximum absolute atomic E-state index is 11.9. The Morgan fingerprint density at radius 1 is 1.39 bits per heavy atom. The van der Waals surface area contributed by atoms with Gasteiger partial charge in [-0.25, -0.2) is 9.78 Å². The van der Waals surface area contributed by atoms with Crippen LogP contribution in [-0.2, 0) is 6.54 Å². The normalized spacial score (nSPS) is 13.1. The molecule has 1 atom stereocenters. The minimum atomic E-state index is -0.426. The van der Waals surface area contributed by atoms with Crippen LogP contribution in [0.3, 0.4) is 0 Å². The fraction of sp³-hybridized carbons (Fsp3) is 0.545. The van der Waals surface area contributed by atoms with Crippen LogP contribution in [0.15, 0.2) is 9.59 Å². The smallest absolute Gasteiger partial charge is 0.330 e. The second-order valence-electron chi connectivity index (χ2n) is 4.30. The molecule has 0 saturated carbocycles. The van der Waals surface area contributed by atoms with E-state index in [1.54, 1.807) is 7.05 Å². The van der Waals surface area contributed by atoms with Crippen molar-refractivity contribution in [2.24, 2.45) is 0 Å². The number of imidazole rings is 1. The van der Waals surface area contributed by atoms with E-state index < -0.39 is 11.2 Å². The summed E-state index contributed by atoms with van der Waals surface area (Å²) >= 11 is 0. The van der Waals surface area contributed by atoms with Gasteiger partial charge in [-0.15, -0.1) is 0 Å². The van der Waals surface area contributed by atoms with E-state index in [0.29, 0.717) is 23.5 Å². The van der Waals surface area contributed by atoms with Crippen LogP contribution in [-0.4, -0.2) is 26.6 Å². The highest BCUT2D eigenvalue weighted by Crippen LogP contribution is 2.13. The molecule has 7 nitrogen and oxygen atoms in total. The molecule has 0 radical (unpaired) electrons. The van der Waals surface area contributed by atoms with Crippen molar-refractivity contribution in [1.82, 2.24) is 24.8 Å². The lowest BCUT2D eigenvalue weighted by Crippen LogP contribution is -2.32. The summed E-state index contributed by atoms with van der Waals surface area (Å²) in [5.41, 5.74) is -0.0720. The molecule has 0 saturated heterocycles. The molecule has 0 bridgehead atoms. The maximum atomic E-state index is 11.9. The largest absolute Gasteiger partial charge is 0.335 e. The number of aromatic nitrogens is 4. The van der Waals surface area contributed by atoms with Crippen molar-refractivity contribution in [2.75, 3.05) is 7.05 Å². The van der Waals surface area contributed by atoms with Crippen LogP contribution in [0.25, 0.3) is 11.2 Å². The summed E-state index contributed by atoms with van der Waals surface area (Å²) in [6.07, 6.45) is 0.787. The van der Waals surface area contributed by atoms with Crippen LogP contribution in [0.2, 0.25) is 0 Å². The van der Waals surface area contributed by atoms with Crippen LogP contribution < -0.4 is 16.6 Å². The van der Waals surface area contributed by atoms with Gasteiger partial charge in [0.2, 0.25) is 0 Å². The summed E-state index contributed by atoms with van der Waals surface area (Å²) in [6, 6.07) is -0.0115. The van der Waals surface area contributed by atoms with E-state index >= 15 is 0 Å². The van der Waals surface area contributed by atoms with E-state index in [2.05, 4.69) is 20.3 Å². The van der Waals surface area contributed by atoms with Crippen LogP contribution in [0.5, 0.6) is 0 Å². The molecular weight excluding hydrogens is 234 g/mol. The van der Waals surface area contributed by atoms with Crippen molar-refractivity contribution in [1.29, 1.82) is 0 Å². The number of hydrogen-bond acceptors (Lipinski definition) is 4. The van der Waals surface area contributed by atoms with Gasteiger partial charge < -0.3 is 10.3 Å². The molecule has 0 aliphatic carbocycles. The van der Waals surface area contributed by atoms with Gasteiger partial charge >= 0.3 is 5.69 Å². The zero-order valence-electron chi connectivity index (χ0n) is 10.7. The molecule has 0 aliphatic heterocycles. The van der Waals surface area contributed by atoms with Crippen LogP contribution in [0.4, 0.5) is 0 Å². The molecular formula is C11H17N5O2. The Labute approximate surface area is 103 Å². The molecule has 0 fully saturated rings. The predicted octanol–water partition coefficient (Wildman–Crippen LogP) is 0.103. The highest BCUT2D eigenvalue weighted by atomic mass is 16.2. The lowest BCUT2D eigenvalue weighted by molar-refractivity contribution is 0.517. The Bertz CT molecular complexity index is 666. The summed E-state index contributed by atoms with van der Waals surface area (Å²) in [5.74, 6) is 0.639. The molecule has 98 valence electrons. The van der Waals surface area contributed by atoms with E-state index in [9.17, 15) is 9.59 Å². The molecule has 0 aliphatic rings. The van der Waals surface area contributed by atoms with Gasteiger partial charge in [-0.3, -0.25) is 14.3 Å². The number of nitrogens with zero attached hydrogens (tertiary/aromatic N) is 2. The molecule has 0 aromatic carbocycles. The summed E-state index contributed by atoms with van der Waals surface area (Å²) in [5, 5.41) is 2.95. The number of H-pyrrole nitrogens is 2. The Kier molecular flexibility index (Phi) is 3.33. The fourth-order valence-corrected chi connectivity index (χ4v) is 1.90. The number of nitrogens with one attached hydrogen (secondary N) is 3. The first-order valence-corrected chi connectivity index (χ1v) is 5.96. The quantitative estimate of drug-likeness (QED) is 0.718. The third-order valence-corrected chi connectivity index (χ3v) is 3.00. The highest BCUT2D eigenvalue weighted by Gasteiger charge is 2.15. The van der Waals surface area contributed by atoms with E-state index in [0.717, 1.165) is 6.42 Å². The Balaban J connectivity index is 2.76. The Morgan fingerprint density at radius 2 is 2.11 bits per heavy atom. The lowest BCUT2D eigenvalue weighted by atomic mass is 10.2. The second kappa shape index (κ2) is 4.77. The molecule has 2 aromatic rings. The minimum absolute atomic E-state index is 0.0115. The van der Waals surface area contributed by atoms with Crippen LogP contribution in [0.1, 0.15) is 32.1 Å². The lowest BCUT2D eigenvalue weighted by Gasteiger charge is -2.12. The third kappa shape index (κ3) is 1.97. The van der Waals surface area contributed by atoms with Crippen molar-refractivity contribution in [3.63, 3.8) is 0 Å². The standard InChI is InChI=1S/C11H17N5O2/c1-4-6(2)16-9-8(10(17)15-11(16)18)13-7(14-9)5-12-3/h6,12H,4-5H2,1-3H3,(H,13,14)(H,15,17,18). The third-order valence-electron chi connectivity index (χ3n) is 3.00. The summed E-state index contributed by atoms with van der Waals surface area (Å²) in [6.45, 7) is 4.42. The molecule has 7 heteroatoms. The molecule has 2 heterocycles. The maximum Gasteiger partial charge on any atom is 0.330 e. The van der Waals surface area contributed by atoms with Crippen LogP contribution in [0, 0.1) is 0 Å². The van der Waals surface area contributed by atoms with Gasteiger partial charge in [0, 0.05) is 6.04 Å². The van der Waals surface area contributed by atoms with Gasteiger partial charge in [0.1, 0.15) is 11.3 Å². The van der Waals surface area contributed by atoms with Gasteiger partial charge in [0.15, 0.2) is 5.65 Å². The molecule has 2 aromatic heterocycles. The number of fused-ring (bicyclic) bond motifs is 1. The zero-order valence-corrected chi connectivity index (χ0v) is 10.7. The van der Waals surface area contributed by atoms with Crippen molar-refractivity contribution in [2.45, 2.75) is 32.9 Å². The first-order chi connectivity index (χ1) is 8.58. The average Bonchev–Trinajstić information content (AvgIpc) is 2.73. The molecule has 1 unspecified atom stereocenters. The molecule has 3 N–H and O–H groups in total. The summed E-state index contributed by atoms with van der Waals surface area (Å²) in [7, 11) is 1.79. The predicted molar refractivity (Wildman–Crippen MR) is 68.7 cm³/mol. The number of aromatic amines is 2. The second-order valence-corrected chi connectivity index (χ2v) is 4.30. The van der Waals surface area contributed by atoms with E-state index in [1.807, 2.05) is 13.8 Å². The van der Waals surface area contributed by atoms with Crippen molar-refractivity contribution in [3.05, 3.63) is 26.7 Å². The number of rotatable bonds is 4. The monoisotopic (exact) mass is 251 g/mol. The SMILES string of the molecule is CCC(C)n1c(=O)[nH]c(=O)c2[nH]c(CNC)nc21.